The van der Waals surface area contributed by atoms with E-state index in [1.54, 1.807) is 18.4 Å². The molecule has 0 aliphatic carbocycles. The third-order valence-electron chi connectivity index (χ3n) is 5.36. The molecule has 0 N–H and O–H groups in total. The van der Waals surface area contributed by atoms with Crippen LogP contribution < -0.4 is 11.2 Å². The van der Waals surface area contributed by atoms with Crippen LogP contribution in [0.3, 0.4) is 0 Å². The molecule has 2 aromatic carbocycles. The molecule has 0 radical (unpaired) electrons. The van der Waals surface area contributed by atoms with E-state index in [1.165, 1.54) is 9.13 Å². The number of hydrogen-bond donors (Lipinski definition) is 0. The van der Waals surface area contributed by atoms with Crippen molar-refractivity contribution in [1.82, 2.24) is 23.1 Å². The van der Waals surface area contributed by atoms with E-state index < -0.39 is 5.69 Å². The summed E-state index contributed by atoms with van der Waals surface area (Å²) >= 11 is 0. The third kappa shape index (κ3) is 2.85. The Morgan fingerprint density at radius 3 is 2.29 bits per heavy atom. The van der Waals surface area contributed by atoms with Gasteiger partial charge in [0.15, 0.2) is 11.2 Å². The molecule has 0 saturated carbocycles. The number of aryl methyl sites for hydroxylation is 1. The molecular formula is C24H21N5O2. The van der Waals surface area contributed by atoms with E-state index in [4.69, 9.17) is 4.98 Å². The van der Waals surface area contributed by atoms with Crippen molar-refractivity contribution in [3.8, 4) is 16.9 Å². The lowest BCUT2D eigenvalue weighted by molar-refractivity contribution is 0.651. The fourth-order valence-corrected chi connectivity index (χ4v) is 3.95. The summed E-state index contributed by atoms with van der Waals surface area (Å²) in [7, 11) is 1.64. The van der Waals surface area contributed by atoms with Gasteiger partial charge in [0.05, 0.1) is 12.2 Å². The molecule has 154 valence electrons. The predicted molar refractivity (Wildman–Crippen MR) is 122 cm³/mol. The first-order valence-corrected chi connectivity index (χ1v) is 9.96. The maximum Gasteiger partial charge on any atom is 0.332 e. The second-order valence-electron chi connectivity index (χ2n) is 7.70. The fraction of sp³-hybridized carbons (Fsp3) is 0.125. The zero-order valence-corrected chi connectivity index (χ0v) is 17.3. The van der Waals surface area contributed by atoms with Gasteiger partial charge in [0.1, 0.15) is 0 Å². The molecule has 3 heterocycles. The minimum atomic E-state index is -0.407. The van der Waals surface area contributed by atoms with E-state index in [-0.39, 0.29) is 12.1 Å². The number of benzene rings is 2. The van der Waals surface area contributed by atoms with Gasteiger partial charge >= 0.3 is 5.69 Å². The summed E-state index contributed by atoms with van der Waals surface area (Å²) in [6.45, 7) is 5.81. The van der Waals surface area contributed by atoms with Crippen LogP contribution in [-0.4, -0.2) is 23.1 Å². The maximum atomic E-state index is 13.3. The maximum absolute atomic E-state index is 13.3. The van der Waals surface area contributed by atoms with Gasteiger partial charge in [-0.3, -0.25) is 22.9 Å². The van der Waals surface area contributed by atoms with Crippen molar-refractivity contribution in [3.05, 3.63) is 99.9 Å². The molecule has 0 aliphatic rings. The number of para-hydroxylation sites is 1. The highest BCUT2D eigenvalue weighted by molar-refractivity contribution is 5.79. The largest absolute Gasteiger partial charge is 0.332 e. The van der Waals surface area contributed by atoms with Crippen LogP contribution in [0.15, 0.2) is 88.6 Å². The average Bonchev–Trinajstić information content (AvgIpc) is 3.32. The molecule has 5 aromatic rings. The van der Waals surface area contributed by atoms with E-state index in [0.717, 1.165) is 22.5 Å². The average molecular weight is 411 g/mol. The number of hydrogen-bond acceptors (Lipinski definition) is 3. The Hall–Kier alpha value is -4.13. The van der Waals surface area contributed by atoms with Gasteiger partial charge in [-0.25, -0.2) is 4.79 Å². The Balaban J connectivity index is 1.94. The van der Waals surface area contributed by atoms with Crippen molar-refractivity contribution in [2.45, 2.75) is 13.5 Å². The van der Waals surface area contributed by atoms with Gasteiger partial charge in [0.25, 0.3) is 5.56 Å². The van der Waals surface area contributed by atoms with Crippen molar-refractivity contribution >= 4 is 16.9 Å². The SMILES string of the molecule is C=C(C)Cn1c(=O)c2c(nc3n(-c4ccccc4)c(-c4ccccc4)cn23)n(C)c1=O. The number of allylic oxidation sites excluding steroid dienone is 1. The topological polar surface area (TPSA) is 66.2 Å². The highest BCUT2D eigenvalue weighted by Crippen LogP contribution is 2.28. The Morgan fingerprint density at radius 2 is 1.65 bits per heavy atom. The monoisotopic (exact) mass is 411 g/mol. The molecule has 0 atom stereocenters. The van der Waals surface area contributed by atoms with E-state index in [2.05, 4.69) is 6.58 Å². The second kappa shape index (κ2) is 6.98. The van der Waals surface area contributed by atoms with Crippen molar-refractivity contribution < 1.29 is 0 Å². The molecule has 3 aromatic heterocycles. The highest BCUT2D eigenvalue weighted by atomic mass is 16.2. The van der Waals surface area contributed by atoms with Crippen LogP contribution in [0.2, 0.25) is 0 Å². The molecule has 7 nitrogen and oxygen atoms in total. The van der Waals surface area contributed by atoms with Crippen LogP contribution in [0, 0.1) is 0 Å². The first kappa shape index (κ1) is 18.9. The van der Waals surface area contributed by atoms with E-state index in [9.17, 15) is 9.59 Å². The first-order valence-electron chi connectivity index (χ1n) is 9.96. The smallest absolute Gasteiger partial charge is 0.279 e. The van der Waals surface area contributed by atoms with Crippen molar-refractivity contribution in [2.75, 3.05) is 0 Å². The normalized spacial score (nSPS) is 11.4. The summed E-state index contributed by atoms with van der Waals surface area (Å²) < 4.78 is 6.41. The van der Waals surface area contributed by atoms with E-state index in [1.807, 2.05) is 71.4 Å². The first-order chi connectivity index (χ1) is 15.0. The van der Waals surface area contributed by atoms with Gasteiger partial charge in [-0.2, -0.15) is 4.98 Å². The lowest BCUT2D eigenvalue weighted by atomic mass is 10.1. The Kier molecular flexibility index (Phi) is 4.25. The number of rotatable bonds is 4. The molecule has 0 aliphatic heterocycles. The van der Waals surface area contributed by atoms with Gasteiger partial charge in [0, 0.05) is 24.5 Å². The number of nitrogens with zero attached hydrogens (tertiary/aromatic N) is 5. The summed E-state index contributed by atoms with van der Waals surface area (Å²) in [6.07, 6.45) is 1.91. The second-order valence-corrected chi connectivity index (χ2v) is 7.70. The summed E-state index contributed by atoms with van der Waals surface area (Å²) in [5.74, 6) is 0.570. The van der Waals surface area contributed by atoms with Crippen molar-refractivity contribution in [2.24, 2.45) is 7.05 Å². The molecule has 0 amide bonds. The lowest BCUT2D eigenvalue weighted by Crippen LogP contribution is -2.39. The molecular weight excluding hydrogens is 390 g/mol. The Labute approximate surface area is 177 Å². The van der Waals surface area contributed by atoms with E-state index in [0.29, 0.717) is 16.9 Å². The number of imidazole rings is 2. The molecule has 0 saturated heterocycles. The minimum absolute atomic E-state index is 0.166. The molecule has 7 heteroatoms. The van der Waals surface area contributed by atoms with Crippen molar-refractivity contribution in [3.63, 3.8) is 0 Å². The molecule has 31 heavy (non-hydrogen) atoms. The summed E-state index contributed by atoms with van der Waals surface area (Å²) in [5, 5.41) is 0. The quantitative estimate of drug-likeness (QED) is 0.426. The zero-order chi connectivity index (χ0) is 21.7. The highest BCUT2D eigenvalue weighted by Gasteiger charge is 2.22. The van der Waals surface area contributed by atoms with E-state index >= 15 is 0 Å². The van der Waals surface area contributed by atoms with Gasteiger partial charge in [-0.05, 0) is 19.1 Å². The van der Waals surface area contributed by atoms with Gasteiger partial charge < -0.3 is 0 Å². The molecule has 0 spiro atoms. The third-order valence-corrected chi connectivity index (χ3v) is 5.36. The molecule has 0 bridgehead atoms. The summed E-state index contributed by atoms with van der Waals surface area (Å²) in [5.41, 5.74) is 3.48. The standard InChI is InChI=1S/C24H21N5O2/c1-16(2)14-28-22(30)20-21(26(3)24(28)31)25-23-27(20)15-19(17-10-6-4-7-11-17)29(23)18-12-8-5-9-13-18/h4-13,15H,1,14H2,2-3H3. The van der Waals surface area contributed by atoms with Gasteiger partial charge in [-0.1, -0.05) is 60.7 Å². The Morgan fingerprint density at radius 1 is 1.00 bits per heavy atom. The number of aromatic nitrogens is 5. The predicted octanol–water partition coefficient (Wildman–Crippen LogP) is 3.38. The van der Waals surface area contributed by atoms with Crippen LogP contribution in [0.1, 0.15) is 6.92 Å². The van der Waals surface area contributed by atoms with Crippen LogP contribution in [0.4, 0.5) is 0 Å². The summed E-state index contributed by atoms with van der Waals surface area (Å²) in [6, 6.07) is 19.8. The van der Waals surface area contributed by atoms with Crippen LogP contribution in [0.5, 0.6) is 0 Å². The molecule has 5 rings (SSSR count). The van der Waals surface area contributed by atoms with Crippen LogP contribution >= 0.6 is 0 Å². The Bertz CT molecular complexity index is 1570. The van der Waals surface area contributed by atoms with Crippen LogP contribution in [0.25, 0.3) is 33.9 Å². The molecule has 0 fully saturated rings. The van der Waals surface area contributed by atoms with Gasteiger partial charge in [0.2, 0.25) is 5.78 Å². The zero-order valence-electron chi connectivity index (χ0n) is 17.3. The molecule has 0 unspecified atom stereocenters. The lowest BCUT2D eigenvalue weighted by Gasteiger charge is -2.09. The summed E-state index contributed by atoms with van der Waals surface area (Å²) in [4.78, 5) is 30.9. The van der Waals surface area contributed by atoms with Crippen LogP contribution in [-0.2, 0) is 13.6 Å². The van der Waals surface area contributed by atoms with Gasteiger partial charge in [-0.15, -0.1) is 0 Å². The minimum Gasteiger partial charge on any atom is -0.279 e. The van der Waals surface area contributed by atoms with Crippen molar-refractivity contribution in [1.29, 1.82) is 0 Å². The number of fused-ring (bicyclic) bond motifs is 3. The fourth-order valence-electron chi connectivity index (χ4n) is 3.95.